The average molecular weight is 503 g/mol. The van der Waals surface area contributed by atoms with Crippen LogP contribution in [0.4, 0.5) is 5.82 Å². The molecule has 2 aromatic carbocycles. The van der Waals surface area contributed by atoms with Crippen LogP contribution in [-0.4, -0.2) is 18.2 Å². The van der Waals surface area contributed by atoms with Crippen LogP contribution in [0.3, 0.4) is 0 Å². The van der Waals surface area contributed by atoms with Gasteiger partial charge >= 0.3 is 0 Å². The van der Waals surface area contributed by atoms with Crippen molar-refractivity contribution in [3.63, 3.8) is 0 Å². The minimum Gasteiger partial charge on any atom is -0.265 e. The second-order valence-corrected chi connectivity index (χ2v) is 9.62. The number of nitrogens with one attached hydrogen (secondary N) is 1. The maximum Gasteiger partial charge on any atom is 0.263 e. The van der Waals surface area contributed by atoms with Gasteiger partial charge in [0, 0.05) is 6.20 Å². The molecule has 3 rings (SSSR count). The third-order valence-electron chi connectivity index (χ3n) is 4.05. The highest BCUT2D eigenvalue weighted by Gasteiger charge is 2.18. The van der Waals surface area contributed by atoms with Crippen LogP contribution in [0.15, 0.2) is 58.0 Å². The van der Waals surface area contributed by atoms with Gasteiger partial charge in [0.1, 0.15) is 0 Å². The van der Waals surface area contributed by atoms with E-state index in [-0.39, 0.29) is 10.7 Å². The highest BCUT2D eigenvalue weighted by atomic mass is 79.9. The highest BCUT2D eigenvalue weighted by molar-refractivity contribution is 9.10. The maximum atomic E-state index is 12.7. The molecule has 1 heterocycles. The first-order chi connectivity index (χ1) is 13.3. The summed E-state index contributed by atoms with van der Waals surface area (Å²) in [4.78, 5) is 0.193. The van der Waals surface area contributed by atoms with E-state index in [4.69, 9.17) is 23.2 Å². The van der Waals surface area contributed by atoms with Crippen LogP contribution in [-0.2, 0) is 23.0 Å². The zero-order valence-electron chi connectivity index (χ0n) is 15.0. The van der Waals surface area contributed by atoms with E-state index < -0.39 is 10.0 Å². The topological polar surface area (TPSA) is 64.0 Å². The smallest absolute Gasteiger partial charge is 0.263 e. The molecule has 9 heteroatoms. The fourth-order valence-corrected chi connectivity index (χ4v) is 4.57. The van der Waals surface area contributed by atoms with Crippen molar-refractivity contribution in [3.8, 4) is 0 Å². The fraction of sp³-hybridized carbons (Fsp3) is 0.211. The number of hydrogen-bond donors (Lipinski definition) is 1. The Bertz CT molecular complexity index is 1080. The number of aryl methyl sites for hydroxylation is 1. The quantitative estimate of drug-likeness (QED) is 0.447. The first kappa shape index (κ1) is 21.2. The number of benzene rings is 2. The summed E-state index contributed by atoms with van der Waals surface area (Å²) in [6, 6.07) is 12.2. The largest absolute Gasteiger partial charge is 0.265 e. The molecular formula is C19H18BrCl2N3O2S. The van der Waals surface area contributed by atoms with Crippen molar-refractivity contribution in [1.29, 1.82) is 0 Å². The summed E-state index contributed by atoms with van der Waals surface area (Å²) in [5.41, 5.74) is 2.00. The number of rotatable bonds is 7. The summed E-state index contributed by atoms with van der Waals surface area (Å²) >= 11 is 15.3. The SMILES string of the molecule is CCCc1ccc(S(=O)(=O)Nc2nn(Cc3ccc(Cl)c(Cl)c3)cc2Br)cc1. The summed E-state index contributed by atoms with van der Waals surface area (Å²) < 4.78 is 30.0. The van der Waals surface area contributed by atoms with Gasteiger partial charge < -0.3 is 0 Å². The molecule has 0 saturated heterocycles. The van der Waals surface area contributed by atoms with Crippen LogP contribution >= 0.6 is 39.1 Å². The van der Waals surface area contributed by atoms with Crippen LogP contribution in [0.5, 0.6) is 0 Å². The Morgan fingerprint density at radius 3 is 2.39 bits per heavy atom. The predicted molar refractivity (Wildman–Crippen MR) is 117 cm³/mol. The van der Waals surface area contributed by atoms with Gasteiger partial charge in [-0.25, -0.2) is 8.42 Å². The van der Waals surface area contributed by atoms with Gasteiger partial charge in [-0.2, -0.15) is 5.10 Å². The van der Waals surface area contributed by atoms with Crippen molar-refractivity contribution in [2.24, 2.45) is 0 Å². The van der Waals surface area contributed by atoms with Gasteiger partial charge in [0.25, 0.3) is 10.0 Å². The zero-order valence-corrected chi connectivity index (χ0v) is 18.9. The molecular weight excluding hydrogens is 485 g/mol. The van der Waals surface area contributed by atoms with E-state index in [0.29, 0.717) is 21.1 Å². The van der Waals surface area contributed by atoms with Crippen molar-refractivity contribution in [1.82, 2.24) is 9.78 Å². The first-order valence-corrected chi connectivity index (χ1v) is 11.6. The molecule has 0 fully saturated rings. The van der Waals surface area contributed by atoms with Crippen LogP contribution in [0.2, 0.25) is 10.0 Å². The van der Waals surface area contributed by atoms with Crippen molar-refractivity contribution in [2.45, 2.75) is 31.2 Å². The van der Waals surface area contributed by atoms with Crippen LogP contribution in [0.1, 0.15) is 24.5 Å². The average Bonchev–Trinajstić information content (AvgIpc) is 2.97. The van der Waals surface area contributed by atoms with E-state index >= 15 is 0 Å². The molecule has 0 aliphatic rings. The van der Waals surface area contributed by atoms with Crippen molar-refractivity contribution in [3.05, 3.63) is 74.3 Å². The summed E-state index contributed by atoms with van der Waals surface area (Å²) in [6.45, 7) is 2.50. The van der Waals surface area contributed by atoms with Gasteiger partial charge in [-0.15, -0.1) is 0 Å². The number of anilines is 1. The second-order valence-electron chi connectivity index (χ2n) is 6.27. The Kier molecular flexibility index (Phi) is 6.70. The summed E-state index contributed by atoms with van der Waals surface area (Å²) in [7, 11) is -3.73. The highest BCUT2D eigenvalue weighted by Crippen LogP contribution is 2.26. The summed E-state index contributed by atoms with van der Waals surface area (Å²) in [6.07, 6.45) is 3.62. The summed E-state index contributed by atoms with van der Waals surface area (Å²) in [5.74, 6) is 0.220. The molecule has 0 bridgehead atoms. The molecule has 1 aromatic heterocycles. The molecule has 148 valence electrons. The molecule has 0 radical (unpaired) electrons. The minimum absolute atomic E-state index is 0.193. The number of halogens is 3. The van der Waals surface area contributed by atoms with Gasteiger partial charge in [0.15, 0.2) is 5.82 Å². The molecule has 3 aromatic rings. The maximum absolute atomic E-state index is 12.7. The lowest BCUT2D eigenvalue weighted by Gasteiger charge is -2.07. The first-order valence-electron chi connectivity index (χ1n) is 8.57. The third-order valence-corrected chi connectivity index (χ3v) is 6.72. The van der Waals surface area contributed by atoms with Gasteiger partial charge in [-0.1, -0.05) is 54.7 Å². The van der Waals surface area contributed by atoms with Gasteiger partial charge in [-0.05, 0) is 57.7 Å². The molecule has 1 N–H and O–H groups in total. The van der Waals surface area contributed by atoms with Gasteiger partial charge in [-0.3, -0.25) is 9.40 Å². The molecule has 0 aliphatic heterocycles. The number of hydrogen-bond acceptors (Lipinski definition) is 3. The number of sulfonamides is 1. The molecule has 0 amide bonds. The molecule has 0 atom stereocenters. The Morgan fingerprint density at radius 1 is 1.07 bits per heavy atom. The van der Waals surface area contributed by atoms with Gasteiger partial charge in [0.05, 0.1) is 26.0 Å². The van der Waals surface area contributed by atoms with E-state index in [9.17, 15) is 8.42 Å². The van der Waals surface area contributed by atoms with E-state index in [1.54, 1.807) is 35.1 Å². The van der Waals surface area contributed by atoms with Crippen molar-refractivity contribution >= 4 is 55.0 Å². The van der Waals surface area contributed by atoms with Crippen LogP contribution in [0, 0.1) is 0 Å². The molecule has 28 heavy (non-hydrogen) atoms. The van der Waals surface area contributed by atoms with Crippen molar-refractivity contribution in [2.75, 3.05) is 4.72 Å². The summed E-state index contributed by atoms with van der Waals surface area (Å²) in [5, 5.41) is 5.25. The van der Waals surface area contributed by atoms with Crippen molar-refractivity contribution < 1.29 is 8.42 Å². The lowest BCUT2D eigenvalue weighted by molar-refractivity contribution is 0.600. The fourth-order valence-electron chi connectivity index (χ4n) is 2.68. The molecule has 0 aliphatic carbocycles. The normalized spacial score (nSPS) is 11.6. The van der Waals surface area contributed by atoms with E-state index in [0.717, 1.165) is 24.0 Å². The monoisotopic (exact) mass is 501 g/mol. The minimum atomic E-state index is -3.73. The molecule has 0 unspecified atom stereocenters. The molecule has 5 nitrogen and oxygen atoms in total. The Balaban J connectivity index is 1.77. The Hall–Kier alpha value is -1.54. The van der Waals surface area contributed by atoms with E-state index in [2.05, 4.69) is 32.7 Å². The lowest BCUT2D eigenvalue weighted by Crippen LogP contribution is -2.14. The second kappa shape index (κ2) is 8.86. The van der Waals surface area contributed by atoms with Crippen LogP contribution in [0.25, 0.3) is 0 Å². The lowest BCUT2D eigenvalue weighted by atomic mass is 10.1. The number of nitrogens with zero attached hydrogens (tertiary/aromatic N) is 2. The third kappa shape index (κ3) is 5.08. The predicted octanol–water partition coefficient (Wildman–Crippen LogP) is 5.75. The zero-order chi connectivity index (χ0) is 20.3. The Morgan fingerprint density at radius 2 is 1.75 bits per heavy atom. The standard InChI is InChI=1S/C19H18BrCl2N3O2S/c1-2-3-13-4-7-15(8-5-13)28(26,27)24-19-16(20)12-25(23-19)11-14-6-9-17(21)18(22)10-14/h4-10,12H,2-3,11H2,1H3,(H,23,24). The number of aromatic nitrogens is 2. The Labute approximate surface area is 182 Å². The molecule has 0 spiro atoms. The molecule has 0 saturated carbocycles. The van der Waals surface area contributed by atoms with E-state index in [1.807, 2.05) is 18.2 Å². The van der Waals surface area contributed by atoms with Gasteiger partial charge in [0.2, 0.25) is 0 Å². The van der Waals surface area contributed by atoms with Crippen LogP contribution < -0.4 is 4.72 Å². The van der Waals surface area contributed by atoms with E-state index in [1.165, 1.54) is 0 Å².